The normalized spacial score (nSPS) is 12.2. The van der Waals surface area contributed by atoms with Crippen molar-refractivity contribution in [2.75, 3.05) is 5.73 Å². The summed E-state index contributed by atoms with van der Waals surface area (Å²) in [5.74, 6) is 3.56. The first-order valence-corrected chi connectivity index (χ1v) is 10.7. The van der Waals surface area contributed by atoms with Crippen LogP contribution in [0.2, 0.25) is 0 Å². The Bertz CT molecular complexity index is 1100. The van der Waals surface area contributed by atoms with Gasteiger partial charge in [0.2, 0.25) is 0 Å². The first-order valence-electron chi connectivity index (χ1n) is 10.7. The van der Waals surface area contributed by atoms with Crippen molar-refractivity contribution in [3.63, 3.8) is 0 Å². The summed E-state index contributed by atoms with van der Waals surface area (Å²) in [6.45, 7) is 4.45. The molecule has 0 radical (unpaired) electrons. The molecule has 0 aliphatic carbocycles. The summed E-state index contributed by atoms with van der Waals surface area (Å²) in [6, 6.07) is 17.8. The molecule has 2 heterocycles. The lowest BCUT2D eigenvalue weighted by atomic mass is 9.98. The van der Waals surface area contributed by atoms with Crippen LogP contribution in [0, 0.1) is 0 Å². The highest BCUT2D eigenvalue weighted by Crippen LogP contribution is 2.34. The Labute approximate surface area is 177 Å². The molecule has 4 rings (SSSR count). The van der Waals surface area contributed by atoms with E-state index in [9.17, 15) is 0 Å². The lowest BCUT2D eigenvalue weighted by molar-refractivity contribution is 0.483. The third-order valence-corrected chi connectivity index (χ3v) is 5.48. The summed E-state index contributed by atoms with van der Waals surface area (Å²) in [5, 5.41) is 0. The van der Waals surface area contributed by atoms with Crippen LogP contribution < -0.4 is 10.5 Å². The molecule has 0 fully saturated rings. The van der Waals surface area contributed by atoms with Crippen molar-refractivity contribution in [2.45, 2.75) is 45.4 Å². The molecule has 0 aliphatic rings. The Morgan fingerprint density at radius 2 is 1.73 bits per heavy atom. The predicted octanol–water partition coefficient (Wildman–Crippen LogP) is 6.45. The average Bonchev–Trinajstić information content (AvgIpc) is 3.17. The summed E-state index contributed by atoms with van der Waals surface area (Å²) in [6.07, 6.45) is 8.26. The third kappa shape index (κ3) is 4.01. The number of unbranched alkanes of at least 4 members (excludes halogenated alkanes) is 1. The van der Waals surface area contributed by atoms with E-state index in [0.717, 1.165) is 46.9 Å². The summed E-state index contributed by atoms with van der Waals surface area (Å²) in [5.41, 5.74) is 9.04. The van der Waals surface area contributed by atoms with Crippen molar-refractivity contribution in [2.24, 2.45) is 0 Å². The number of hydrogen-bond acceptors (Lipinski definition) is 4. The van der Waals surface area contributed by atoms with E-state index in [1.807, 2.05) is 60.8 Å². The molecule has 0 saturated carbocycles. The molecule has 2 aromatic carbocycles. The number of nitrogens with zero attached hydrogens (tertiary/aromatic N) is 3. The number of hydrogen-bond donors (Lipinski definition) is 1. The lowest BCUT2D eigenvalue weighted by Crippen LogP contribution is -2.04. The fourth-order valence-corrected chi connectivity index (χ4v) is 3.85. The van der Waals surface area contributed by atoms with E-state index in [1.54, 1.807) is 6.20 Å². The number of rotatable bonds is 8. The van der Waals surface area contributed by atoms with E-state index in [0.29, 0.717) is 11.7 Å². The van der Waals surface area contributed by atoms with Crippen LogP contribution >= 0.6 is 0 Å². The third-order valence-electron chi connectivity index (χ3n) is 5.48. The molecular weight excluding hydrogens is 372 g/mol. The number of aromatic nitrogens is 3. The van der Waals surface area contributed by atoms with E-state index >= 15 is 0 Å². The minimum Gasteiger partial charge on any atom is -0.457 e. The molecule has 2 aromatic heterocycles. The van der Waals surface area contributed by atoms with Crippen molar-refractivity contribution in [3.8, 4) is 22.8 Å². The van der Waals surface area contributed by atoms with Crippen LogP contribution in [0.3, 0.4) is 0 Å². The Hall–Kier alpha value is -3.34. The summed E-state index contributed by atoms with van der Waals surface area (Å²) < 4.78 is 8.04. The second kappa shape index (κ2) is 8.99. The van der Waals surface area contributed by atoms with Crippen molar-refractivity contribution < 1.29 is 4.74 Å². The molecule has 0 spiro atoms. The molecule has 0 saturated heterocycles. The number of imidazole rings is 1. The van der Waals surface area contributed by atoms with Gasteiger partial charge in [0, 0.05) is 23.9 Å². The molecule has 1 atom stereocenters. The molecule has 5 heteroatoms. The topological polar surface area (TPSA) is 65.4 Å². The van der Waals surface area contributed by atoms with Gasteiger partial charge in [-0.3, -0.25) is 4.40 Å². The second-order valence-electron chi connectivity index (χ2n) is 7.54. The molecule has 4 aromatic rings. The SMILES string of the molecule is CCCCC(CC)c1nc(-c2ccc(Oc3ccccc3)cc2)c2c(N)nccn12. The lowest BCUT2D eigenvalue weighted by Gasteiger charge is -2.13. The van der Waals surface area contributed by atoms with E-state index in [4.69, 9.17) is 15.5 Å². The standard InChI is InChI=1S/C25H28N4O/c1-3-5-9-18(4-2)25-28-22(23-24(26)27-16-17-29(23)25)19-12-14-21(15-13-19)30-20-10-7-6-8-11-20/h6-8,10-18H,3-5,9H2,1-2H3,(H2,26,27). The summed E-state index contributed by atoms with van der Waals surface area (Å²) in [7, 11) is 0. The maximum atomic E-state index is 6.28. The number of nitrogen functional groups attached to an aromatic ring is 1. The van der Waals surface area contributed by atoms with Gasteiger partial charge in [-0.2, -0.15) is 0 Å². The second-order valence-corrected chi connectivity index (χ2v) is 7.54. The van der Waals surface area contributed by atoms with Crippen LogP contribution in [0.1, 0.15) is 51.3 Å². The number of anilines is 1. The smallest absolute Gasteiger partial charge is 0.150 e. The van der Waals surface area contributed by atoms with Crippen LogP contribution in [0.5, 0.6) is 11.5 Å². The van der Waals surface area contributed by atoms with Gasteiger partial charge in [-0.25, -0.2) is 9.97 Å². The van der Waals surface area contributed by atoms with Gasteiger partial charge in [0.25, 0.3) is 0 Å². The molecule has 2 N–H and O–H groups in total. The maximum absolute atomic E-state index is 6.28. The van der Waals surface area contributed by atoms with Gasteiger partial charge in [-0.1, -0.05) is 44.9 Å². The van der Waals surface area contributed by atoms with Crippen LogP contribution in [-0.2, 0) is 0 Å². The minimum absolute atomic E-state index is 0.397. The van der Waals surface area contributed by atoms with E-state index in [-0.39, 0.29) is 0 Å². The van der Waals surface area contributed by atoms with E-state index < -0.39 is 0 Å². The largest absolute Gasteiger partial charge is 0.457 e. The fourth-order valence-electron chi connectivity index (χ4n) is 3.85. The Morgan fingerprint density at radius 1 is 1.00 bits per heavy atom. The number of para-hydroxylation sites is 1. The van der Waals surface area contributed by atoms with Crippen molar-refractivity contribution in [3.05, 3.63) is 72.8 Å². The number of ether oxygens (including phenoxy) is 1. The zero-order valence-corrected chi connectivity index (χ0v) is 17.6. The van der Waals surface area contributed by atoms with Crippen LogP contribution in [0.4, 0.5) is 5.82 Å². The molecular formula is C25H28N4O. The van der Waals surface area contributed by atoms with Gasteiger partial charge in [0.1, 0.15) is 34.4 Å². The van der Waals surface area contributed by atoms with Gasteiger partial charge in [0.05, 0.1) is 0 Å². The fraction of sp³-hybridized carbons (Fsp3) is 0.280. The minimum atomic E-state index is 0.397. The predicted molar refractivity (Wildman–Crippen MR) is 122 cm³/mol. The average molecular weight is 401 g/mol. The zero-order chi connectivity index (χ0) is 20.9. The van der Waals surface area contributed by atoms with Crippen LogP contribution in [-0.4, -0.2) is 14.4 Å². The highest BCUT2D eigenvalue weighted by atomic mass is 16.5. The Balaban J connectivity index is 1.71. The maximum Gasteiger partial charge on any atom is 0.150 e. The first kappa shape index (κ1) is 20.0. The van der Waals surface area contributed by atoms with Gasteiger partial charge < -0.3 is 10.5 Å². The van der Waals surface area contributed by atoms with Crippen molar-refractivity contribution in [1.29, 1.82) is 0 Å². The number of benzene rings is 2. The number of nitrogens with two attached hydrogens (primary N) is 1. The molecule has 154 valence electrons. The molecule has 30 heavy (non-hydrogen) atoms. The first-order chi connectivity index (χ1) is 14.7. The molecule has 0 aliphatic heterocycles. The quantitative estimate of drug-likeness (QED) is 0.369. The molecule has 5 nitrogen and oxygen atoms in total. The van der Waals surface area contributed by atoms with Gasteiger partial charge in [-0.15, -0.1) is 0 Å². The van der Waals surface area contributed by atoms with Gasteiger partial charge in [-0.05, 0) is 49.2 Å². The molecule has 0 bridgehead atoms. The monoisotopic (exact) mass is 400 g/mol. The van der Waals surface area contributed by atoms with Gasteiger partial charge >= 0.3 is 0 Å². The summed E-state index contributed by atoms with van der Waals surface area (Å²) >= 11 is 0. The van der Waals surface area contributed by atoms with Crippen LogP contribution in [0.25, 0.3) is 16.8 Å². The van der Waals surface area contributed by atoms with E-state index in [1.165, 1.54) is 12.8 Å². The molecule has 1 unspecified atom stereocenters. The highest BCUT2D eigenvalue weighted by molar-refractivity contribution is 5.85. The zero-order valence-electron chi connectivity index (χ0n) is 17.6. The van der Waals surface area contributed by atoms with Crippen molar-refractivity contribution >= 4 is 11.3 Å². The van der Waals surface area contributed by atoms with Crippen LogP contribution in [0.15, 0.2) is 67.0 Å². The molecule has 0 amide bonds. The Kier molecular flexibility index (Phi) is 5.98. The Morgan fingerprint density at radius 3 is 2.43 bits per heavy atom. The summed E-state index contributed by atoms with van der Waals surface area (Å²) in [4.78, 5) is 9.38. The highest BCUT2D eigenvalue weighted by Gasteiger charge is 2.21. The van der Waals surface area contributed by atoms with E-state index in [2.05, 4.69) is 23.2 Å². The van der Waals surface area contributed by atoms with Crippen molar-refractivity contribution in [1.82, 2.24) is 14.4 Å². The van der Waals surface area contributed by atoms with Gasteiger partial charge in [0.15, 0.2) is 0 Å². The number of fused-ring (bicyclic) bond motifs is 1.